The quantitative estimate of drug-likeness (QED) is 0.474. The number of para-hydroxylation sites is 1. The molecule has 0 atom stereocenters. The van der Waals surface area contributed by atoms with E-state index in [2.05, 4.69) is 45.9 Å². The van der Waals surface area contributed by atoms with Crippen LogP contribution in [0.4, 0.5) is 11.8 Å². The summed E-state index contributed by atoms with van der Waals surface area (Å²) in [6.07, 6.45) is 4.94. The number of fused-ring (bicyclic) bond motifs is 1. The molecule has 1 saturated carbocycles. The largest absolute Gasteiger partial charge is 0.494 e. The lowest BCUT2D eigenvalue weighted by Crippen LogP contribution is -2.34. The highest BCUT2D eigenvalue weighted by atomic mass is 16.5. The van der Waals surface area contributed by atoms with Gasteiger partial charge in [0.2, 0.25) is 5.95 Å². The second-order valence-electron chi connectivity index (χ2n) is 8.35. The molecular formula is C23H28N6O. The average Bonchev–Trinajstić information content (AvgIpc) is 2.67. The number of hydrogen-bond acceptors (Lipinski definition) is 6. The van der Waals surface area contributed by atoms with Crippen molar-refractivity contribution < 1.29 is 4.74 Å². The van der Waals surface area contributed by atoms with Crippen molar-refractivity contribution in [3.8, 4) is 5.75 Å². The number of benzene rings is 1. The standard InChI is InChI=1S/C23H28N6O/c1-13(2)9-14-7-8-18(26-12-14)15-10-16(11-15)21(24)28-22-17-5-4-6-19(30-3)20(17)27-23(25)29-22/h4-8,12-13,15-16H,9-11H2,1-3H3,(H4,24,25,27,28,29). The predicted octanol–water partition coefficient (Wildman–Crippen LogP) is 4.00. The van der Waals surface area contributed by atoms with Gasteiger partial charge in [-0.2, -0.15) is 4.98 Å². The van der Waals surface area contributed by atoms with E-state index in [1.165, 1.54) is 5.56 Å². The van der Waals surface area contributed by atoms with E-state index < -0.39 is 0 Å². The maximum Gasteiger partial charge on any atom is 0.222 e. The van der Waals surface area contributed by atoms with Gasteiger partial charge in [-0.25, -0.2) is 9.98 Å². The van der Waals surface area contributed by atoms with E-state index in [-0.39, 0.29) is 11.9 Å². The molecule has 1 aliphatic carbocycles. The molecule has 0 bridgehead atoms. The lowest BCUT2D eigenvalue weighted by molar-refractivity contribution is 0.336. The van der Waals surface area contributed by atoms with Crippen LogP contribution >= 0.6 is 0 Å². The topological polar surface area (TPSA) is 112 Å². The number of methoxy groups -OCH3 is 1. The van der Waals surface area contributed by atoms with Gasteiger partial charge in [0.05, 0.1) is 7.11 Å². The van der Waals surface area contributed by atoms with Crippen molar-refractivity contribution in [1.82, 2.24) is 15.0 Å². The summed E-state index contributed by atoms with van der Waals surface area (Å²) < 4.78 is 5.38. The number of ether oxygens (including phenoxy) is 1. The third kappa shape index (κ3) is 4.06. The van der Waals surface area contributed by atoms with Crippen LogP contribution in [0.15, 0.2) is 41.5 Å². The zero-order valence-electron chi connectivity index (χ0n) is 17.7. The highest BCUT2D eigenvalue weighted by molar-refractivity contribution is 5.96. The molecule has 156 valence electrons. The van der Waals surface area contributed by atoms with Gasteiger partial charge in [-0.1, -0.05) is 26.0 Å². The van der Waals surface area contributed by atoms with Gasteiger partial charge >= 0.3 is 0 Å². The van der Waals surface area contributed by atoms with Crippen molar-refractivity contribution in [3.05, 3.63) is 47.8 Å². The van der Waals surface area contributed by atoms with E-state index in [0.717, 1.165) is 30.3 Å². The molecule has 3 aromatic rings. The third-order valence-corrected chi connectivity index (χ3v) is 5.61. The van der Waals surface area contributed by atoms with Gasteiger partial charge in [0.1, 0.15) is 17.1 Å². The highest BCUT2D eigenvalue weighted by Crippen LogP contribution is 2.41. The van der Waals surface area contributed by atoms with Crippen LogP contribution in [-0.4, -0.2) is 27.9 Å². The monoisotopic (exact) mass is 404 g/mol. The van der Waals surface area contributed by atoms with Gasteiger partial charge in [0, 0.05) is 29.1 Å². The predicted molar refractivity (Wildman–Crippen MR) is 120 cm³/mol. The Morgan fingerprint density at radius 2 is 2.00 bits per heavy atom. The zero-order chi connectivity index (χ0) is 21.3. The molecule has 7 heteroatoms. The van der Waals surface area contributed by atoms with Crippen LogP contribution in [-0.2, 0) is 6.42 Å². The minimum atomic E-state index is 0.149. The number of aromatic nitrogens is 3. The highest BCUT2D eigenvalue weighted by Gasteiger charge is 2.34. The summed E-state index contributed by atoms with van der Waals surface area (Å²) in [6, 6.07) is 9.95. The van der Waals surface area contributed by atoms with E-state index in [1.807, 2.05) is 24.4 Å². The molecule has 4 N–H and O–H groups in total. The first-order chi connectivity index (χ1) is 14.4. The van der Waals surface area contributed by atoms with Crippen molar-refractivity contribution in [2.75, 3.05) is 12.8 Å². The van der Waals surface area contributed by atoms with Gasteiger partial charge in [-0.3, -0.25) is 4.98 Å². The first-order valence-electron chi connectivity index (χ1n) is 10.3. The lowest BCUT2D eigenvalue weighted by Gasteiger charge is -2.34. The number of amidine groups is 1. The van der Waals surface area contributed by atoms with Gasteiger partial charge in [-0.15, -0.1) is 0 Å². The van der Waals surface area contributed by atoms with Crippen molar-refractivity contribution in [2.45, 2.75) is 39.0 Å². The lowest BCUT2D eigenvalue weighted by atomic mass is 9.72. The Bertz CT molecular complexity index is 1070. The van der Waals surface area contributed by atoms with Crippen LogP contribution in [0, 0.1) is 11.8 Å². The van der Waals surface area contributed by atoms with Crippen LogP contribution in [0.2, 0.25) is 0 Å². The molecule has 2 heterocycles. The van der Waals surface area contributed by atoms with Gasteiger partial charge in [0.15, 0.2) is 5.82 Å². The van der Waals surface area contributed by atoms with Crippen LogP contribution in [0.5, 0.6) is 5.75 Å². The molecule has 1 fully saturated rings. The summed E-state index contributed by atoms with van der Waals surface area (Å²) in [4.78, 5) is 17.9. The van der Waals surface area contributed by atoms with Crippen LogP contribution < -0.4 is 16.2 Å². The summed E-state index contributed by atoms with van der Waals surface area (Å²) in [5.41, 5.74) is 15.3. The van der Waals surface area contributed by atoms with Crippen LogP contribution in [0.25, 0.3) is 10.9 Å². The fourth-order valence-corrected chi connectivity index (χ4v) is 3.96. The molecule has 1 aromatic carbocycles. The summed E-state index contributed by atoms with van der Waals surface area (Å²) in [7, 11) is 1.60. The number of nitrogens with zero attached hydrogens (tertiary/aromatic N) is 4. The molecule has 0 aliphatic heterocycles. The second kappa shape index (κ2) is 8.26. The van der Waals surface area contributed by atoms with E-state index in [0.29, 0.717) is 34.8 Å². The summed E-state index contributed by atoms with van der Waals surface area (Å²) in [6.45, 7) is 4.44. The van der Waals surface area contributed by atoms with Crippen molar-refractivity contribution in [2.24, 2.45) is 22.6 Å². The maximum absolute atomic E-state index is 6.34. The number of nitrogens with two attached hydrogens (primary N) is 2. The number of aliphatic imine (C=N–C) groups is 1. The van der Waals surface area contributed by atoms with E-state index in [9.17, 15) is 0 Å². The number of nitrogen functional groups attached to an aromatic ring is 1. The first kappa shape index (κ1) is 20.1. The van der Waals surface area contributed by atoms with Crippen molar-refractivity contribution >= 4 is 28.5 Å². The fraction of sp³-hybridized carbons (Fsp3) is 0.391. The van der Waals surface area contributed by atoms with E-state index in [4.69, 9.17) is 16.2 Å². The number of anilines is 1. The summed E-state index contributed by atoms with van der Waals surface area (Å²) >= 11 is 0. The molecule has 30 heavy (non-hydrogen) atoms. The third-order valence-electron chi connectivity index (χ3n) is 5.61. The molecular weight excluding hydrogens is 376 g/mol. The van der Waals surface area contributed by atoms with Crippen LogP contribution in [0.1, 0.15) is 43.9 Å². The summed E-state index contributed by atoms with van der Waals surface area (Å²) in [5.74, 6) is 3.10. The van der Waals surface area contributed by atoms with E-state index >= 15 is 0 Å². The first-order valence-corrected chi connectivity index (χ1v) is 10.3. The van der Waals surface area contributed by atoms with Crippen LogP contribution in [0.3, 0.4) is 0 Å². The molecule has 0 amide bonds. The van der Waals surface area contributed by atoms with Crippen molar-refractivity contribution in [1.29, 1.82) is 0 Å². The molecule has 0 spiro atoms. The normalized spacial score (nSPS) is 19.1. The van der Waals surface area contributed by atoms with Gasteiger partial charge in [0.25, 0.3) is 0 Å². The Balaban J connectivity index is 1.49. The second-order valence-corrected chi connectivity index (χ2v) is 8.35. The minimum Gasteiger partial charge on any atom is -0.494 e. The minimum absolute atomic E-state index is 0.149. The Morgan fingerprint density at radius 3 is 2.67 bits per heavy atom. The number of rotatable bonds is 6. The van der Waals surface area contributed by atoms with Gasteiger partial charge < -0.3 is 16.2 Å². The SMILES string of the molecule is COc1cccc2c(N=C(N)C3CC(c4ccc(CC(C)C)cn4)C3)nc(N)nc12. The van der Waals surface area contributed by atoms with Crippen molar-refractivity contribution in [3.63, 3.8) is 0 Å². The Morgan fingerprint density at radius 1 is 1.20 bits per heavy atom. The maximum atomic E-state index is 6.34. The average molecular weight is 405 g/mol. The molecule has 0 unspecified atom stereocenters. The number of pyridine rings is 1. The fourth-order valence-electron chi connectivity index (χ4n) is 3.96. The smallest absolute Gasteiger partial charge is 0.222 e. The Kier molecular flexibility index (Phi) is 5.53. The molecule has 0 saturated heterocycles. The van der Waals surface area contributed by atoms with E-state index in [1.54, 1.807) is 7.11 Å². The molecule has 0 radical (unpaired) electrons. The Hall–Kier alpha value is -3.22. The molecule has 1 aliphatic rings. The molecule has 4 rings (SSSR count). The summed E-state index contributed by atoms with van der Waals surface area (Å²) in [5, 5.41) is 0.768. The zero-order valence-corrected chi connectivity index (χ0v) is 17.7. The van der Waals surface area contributed by atoms with Gasteiger partial charge in [-0.05, 0) is 48.9 Å². The number of hydrogen-bond donors (Lipinski definition) is 2. The molecule has 7 nitrogen and oxygen atoms in total. The Labute approximate surface area is 176 Å². The molecule has 2 aromatic heterocycles.